The van der Waals surface area contributed by atoms with E-state index < -0.39 is 0 Å². The van der Waals surface area contributed by atoms with Crippen LogP contribution in [0.15, 0.2) is 42.5 Å². The summed E-state index contributed by atoms with van der Waals surface area (Å²) in [7, 11) is 0. The third-order valence-corrected chi connectivity index (χ3v) is 6.51. The number of amides is 1. The lowest BCUT2D eigenvalue weighted by atomic mass is 9.99. The molecule has 0 radical (unpaired) electrons. The monoisotopic (exact) mass is 466 g/mol. The topological polar surface area (TPSA) is 62.2 Å². The van der Waals surface area contributed by atoms with Gasteiger partial charge in [-0.3, -0.25) is 9.69 Å². The summed E-state index contributed by atoms with van der Waals surface area (Å²) in [5.41, 5.74) is 4.19. The van der Waals surface area contributed by atoms with Gasteiger partial charge >= 0.3 is 0 Å². The standard InChI is InChI=1S/C28H38N2O4/c1-21(2)19-29-12-13-33-14-15-34-27-7-6-24(28(32)30-10-8-26(31)9-11-30)18-25(27)17-22-4-3-5-23(16-22)20-29/h3-7,16,18,21,26,31H,8-15,17,19-20H2,1-2H3. The van der Waals surface area contributed by atoms with Crippen LogP contribution < -0.4 is 4.74 Å². The number of ether oxygens (including phenoxy) is 2. The largest absolute Gasteiger partial charge is 0.491 e. The number of aliphatic hydroxyl groups is 1. The van der Waals surface area contributed by atoms with Gasteiger partial charge in [-0.05, 0) is 53.6 Å². The number of piperidine rings is 1. The van der Waals surface area contributed by atoms with Crippen molar-refractivity contribution in [1.82, 2.24) is 9.80 Å². The van der Waals surface area contributed by atoms with Gasteiger partial charge in [-0.15, -0.1) is 0 Å². The normalized spacial score (nSPS) is 18.8. The molecule has 2 aliphatic rings. The Morgan fingerprint density at radius 1 is 1.03 bits per heavy atom. The van der Waals surface area contributed by atoms with Gasteiger partial charge in [-0.2, -0.15) is 0 Å². The zero-order valence-corrected chi connectivity index (χ0v) is 20.5. The summed E-state index contributed by atoms with van der Waals surface area (Å²) >= 11 is 0. The van der Waals surface area contributed by atoms with Crippen molar-refractivity contribution in [3.8, 4) is 5.75 Å². The molecule has 0 spiro atoms. The molecule has 184 valence electrons. The molecule has 34 heavy (non-hydrogen) atoms. The van der Waals surface area contributed by atoms with Crippen LogP contribution >= 0.6 is 0 Å². The molecule has 0 saturated carbocycles. The van der Waals surface area contributed by atoms with Gasteiger partial charge in [0.25, 0.3) is 5.91 Å². The van der Waals surface area contributed by atoms with Gasteiger partial charge in [0.05, 0.1) is 19.3 Å². The second-order valence-corrected chi connectivity index (χ2v) is 9.93. The Kier molecular flexibility index (Phi) is 8.59. The molecule has 4 rings (SSSR count). The number of hydrogen-bond acceptors (Lipinski definition) is 5. The number of hydrogen-bond donors (Lipinski definition) is 1. The predicted octanol–water partition coefficient (Wildman–Crippen LogP) is 3.74. The minimum absolute atomic E-state index is 0.0236. The first-order chi connectivity index (χ1) is 16.5. The highest BCUT2D eigenvalue weighted by molar-refractivity contribution is 5.94. The Balaban J connectivity index is 1.58. The molecule has 1 fully saturated rings. The van der Waals surface area contributed by atoms with E-state index in [4.69, 9.17) is 9.47 Å². The van der Waals surface area contributed by atoms with E-state index >= 15 is 0 Å². The number of likely N-dealkylation sites (tertiary alicyclic amines) is 1. The number of aliphatic hydroxyl groups excluding tert-OH is 1. The quantitative estimate of drug-likeness (QED) is 0.747. The zero-order valence-electron chi connectivity index (χ0n) is 20.5. The van der Waals surface area contributed by atoms with Gasteiger partial charge in [0.15, 0.2) is 0 Å². The minimum atomic E-state index is -0.298. The molecule has 1 N–H and O–H groups in total. The van der Waals surface area contributed by atoms with Gasteiger partial charge in [0, 0.05) is 44.7 Å². The van der Waals surface area contributed by atoms with Crippen molar-refractivity contribution in [3.63, 3.8) is 0 Å². The molecule has 1 amide bonds. The first-order valence-corrected chi connectivity index (χ1v) is 12.6. The van der Waals surface area contributed by atoms with Crippen LogP contribution in [-0.2, 0) is 17.7 Å². The highest BCUT2D eigenvalue weighted by Crippen LogP contribution is 2.26. The number of benzene rings is 2. The molecule has 0 aromatic heterocycles. The Labute approximate surface area is 203 Å². The molecule has 0 aliphatic carbocycles. The molecule has 2 aromatic carbocycles. The Hall–Kier alpha value is -2.41. The second-order valence-electron chi connectivity index (χ2n) is 9.93. The predicted molar refractivity (Wildman–Crippen MR) is 133 cm³/mol. The van der Waals surface area contributed by atoms with Crippen LogP contribution in [0.4, 0.5) is 0 Å². The van der Waals surface area contributed by atoms with E-state index in [1.54, 1.807) is 0 Å². The van der Waals surface area contributed by atoms with E-state index in [2.05, 4.69) is 43.0 Å². The molecular weight excluding hydrogens is 428 g/mol. The number of carbonyl (C=O) groups is 1. The third-order valence-electron chi connectivity index (χ3n) is 6.51. The number of fused-ring (bicyclic) bond motifs is 3. The van der Waals surface area contributed by atoms with E-state index in [0.717, 1.165) is 30.9 Å². The highest BCUT2D eigenvalue weighted by atomic mass is 16.5. The number of carbonyl (C=O) groups excluding carboxylic acids is 1. The molecule has 2 heterocycles. The zero-order chi connectivity index (χ0) is 23.9. The minimum Gasteiger partial charge on any atom is -0.491 e. The molecule has 1 saturated heterocycles. The van der Waals surface area contributed by atoms with E-state index in [-0.39, 0.29) is 12.0 Å². The highest BCUT2D eigenvalue weighted by Gasteiger charge is 2.23. The van der Waals surface area contributed by atoms with Crippen molar-refractivity contribution in [2.24, 2.45) is 5.92 Å². The number of rotatable bonds is 3. The molecule has 2 aromatic rings. The molecular formula is C28H38N2O4. The maximum absolute atomic E-state index is 13.1. The Bertz CT molecular complexity index is 953. The van der Waals surface area contributed by atoms with Crippen molar-refractivity contribution in [2.75, 3.05) is 46.0 Å². The molecule has 2 aliphatic heterocycles. The summed E-state index contributed by atoms with van der Waals surface area (Å²) in [4.78, 5) is 17.4. The van der Waals surface area contributed by atoms with Crippen LogP contribution in [0.5, 0.6) is 5.75 Å². The van der Waals surface area contributed by atoms with E-state index in [1.807, 2.05) is 23.1 Å². The SMILES string of the molecule is CC(C)CN1CCOCCOc2ccc(C(=O)N3CCC(O)CC3)cc2Cc2cccc(c2)C1. The maximum Gasteiger partial charge on any atom is 0.253 e. The van der Waals surface area contributed by atoms with E-state index in [9.17, 15) is 9.90 Å². The van der Waals surface area contributed by atoms with Gasteiger partial charge in [0.1, 0.15) is 12.4 Å². The summed E-state index contributed by atoms with van der Waals surface area (Å²) < 4.78 is 12.0. The Morgan fingerprint density at radius 2 is 1.82 bits per heavy atom. The molecule has 0 atom stereocenters. The lowest BCUT2D eigenvalue weighted by Gasteiger charge is -2.30. The lowest BCUT2D eigenvalue weighted by Crippen LogP contribution is -2.40. The van der Waals surface area contributed by atoms with Crippen LogP contribution in [0.2, 0.25) is 0 Å². The summed E-state index contributed by atoms with van der Waals surface area (Å²) in [5.74, 6) is 1.42. The fourth-order valence-electron chi connectivity index (χ4n) is 4.82. The van der Waals surface area contributed by atoms with Gasteiger partial charge in [0.2, 0.25) is 0 Å². The smallest absolute Gasteiger partial charge is 0.253 e. The molecule has 2 bridgehead atoms. The average molecular weight is 467 g/mol. The lowest BCUT2D eigenvalue weighted by molar-refractivity contribution is 0.0546. The Morgan fingerprint density at radius 3 is 2.62 bits per heavy atom. The fraction of sp³-hybridized carbons (Fsp3) is 0.536. The van der Waals surface area contributed by atoms with Crippen LogP contribution in [-0.4, -0.2) is 72.9 Å². The van der Waals surface area contributed by atoms with Crippen molar-refractivity contribution < 1.29 is 19.4 Å². The van der Waals surface area contributed by atoms with E-state index in [0.29, 0.717) is 63.7 Å². The summed E-state index contributed by atoms with van der Waals surface area (Å²) in [5, 5.41) is 9.78. The van der Waals surface area contributed by atoms with Gasteiger partial charge < -0.3 is 19.5 Å². The van der Waals surface area contributed by atoms with Crippen LogP contribution in [0.3, 0.4) is 0 Å². The van der Waals surface area contributed by atoms with Crippen LogP contribution in [0.1, 0.15) is 53.7 Å². The van der Waals surface area contributed by atoms with E-state index in [1.165, 1.54) is 11.1 Å². The summed E-state index contributed by atoms with van der Waals surface area (Å²) in [6.45, 7) is 10.2. The molecule has 0 unspecified atom stereocenters. The van der Waals surface area contributed by atoms with Crippen molar-refractivity contribution in [3.05, 3.63) is 64.7 Å². The second kappa shape index (κ2) is 11.8. The van der Waals surface area contributed by atoms with Gasteiger partial charge in [-0.25, -0.2) is 0 Å². The maximum atomic E-state index is 13.1. The third kappa shape index (κ3) is 6.81. The summed E-state index contributed by atoms with van der Waals surface area (Å²) in [6.07, 6.45) is 1.68. The first-order valence-electron chi connectivity index (χ1n) is 12.6. The van der Waals surface area contributed by atoms with Gasteiger partial charge in [-0.1, -0.05) is 38.1 Å². The van der Waals surface area contributed by atoms with Crippen LogP contribution in [0, 0.1) is 5.92 Å². The number of nitrogens with zero attached hydrogens (tertiary/aromatic N) is 2. The molecule has 6 heteroatoms. The van der Waals surface area contributed by atoms with Crippen molar-refractivity contribution in [2.45, 2.75) is 45.8 Å². The fourth-order valence-corrected chi connectivity index (χ4v) is 4.82. The summed E-state index contributed by atoms with van der Waals surface area (Å²) in [6, 6.07) is 14.5. The van der Waals surface area contributed by atoms with Crippen molar-refractivity contribution in [1.29, 1.82) is 0 Å². The first kappa shape index (κ1) is 24.7. The average Bonchev–Trinajstić information content (AvgIpc) is 2.81. The molecule has 6 nitrogen and oxygen atoms in total. The van der Waals surface area contributed by atoms with Crippen molar-refractivity contribution >= 4 is 5.91 Å². The van der Waals surface area contributed by atoms with Crippen LogP contribution in [0.25, 0.3) is 0 Å².